The average molecular weight is 649 g/mol. The predicted octanol–water partition coefficient (Wildman–Crippen LogP) is 8.57. The molecule has 0 saturated heterocycles. The highest BCUT2D eigenvalue weighted by Crippen LogP contribution is 2.48. The Morgan fingerprint density at radius 1 is 1.05 bits per heavy atom. The van der Waals surface area contributed by atoms with Crippen LogP contribution in [-0.4, -0.2) is 31.8 Å². The number of benzene rings is 1. The molecule has 0 amide bonds. The fourth-order valence-electron chi connectivity index (χ4n) is 3.29. The molecular weight excluding hydrogens is 627 g/mol. The smallest absolute Gasteiger partial charge is 0.415 e. The lowest BCUT2D eigenvalue weighted by atomic mass is 9.96. The van der Waals surface area contributed by atoms with Crippen LogP contribution in [0, 0.1) is 10.1 Å². The van der Waals surface area contributed by atoms with E-state index < -0.39 is 88.1 Å². The van der Waals surface area contributed by atoms with Gasteiger partial charge in [-0.3, -0.25) is 10.1 Å². The first-order valence-electron chi connectivity index (χ1n) is 11.9. The summed E-state index contributed by atoms with van der Waals surface area (Å²) in [6.45, 7) is 6.71. The van der Waals surface area contributed by atoms with Gasteiger partial charge in [0.25, 0.3) is 11.8 Å². The topological polar surface area (TPSA) is 113 Å². The number of allylic oxidation sites excluding steroid dienone is 1. The molecule has 236 valence electrons. The third kappa shape index (κ3) is 8.82. The normalized spacial score (nSPS) is 13.5. The van der Waals surface area contributed by atoms with Gasteiger partial charge in [-0.25, -0.2) is 0 Å². The molecule has 9 nitrogen and oxygen atoms in total. The van der Waals surface area contributed by atoms with Crippen molar-refractivity contribution in [2.24, 2.45) is 0 Å². The van der Waals surface area contributed by atoms with Crippen LogP contribution in [0.3, 0.4) is 0 Å². The van der Waals surface area contributed by atoms with Gasteiger partial charge in [-0.2, -0.15) is 44.5 Å². The number of hydrogen-bond acceptors (Lipinski definition) is 9. The molecule has 1 atom stereocenters. The van der Waals surface area contributed by atoms with Crippen LogP contribution < -0.4 is 4.18 Å². The average Bonchev–Trinajstić information content (AvgIpc) is 3.42. The molecule has 0 aliphatic carbocycles. The van der Waals surface area contributed by atoms with Gasteiger partial charge in [0.1, 0.15) is 5.56 Å². The maximum atomic E-state index is 14.5. The van der Waals surface area contributed by atoms with Crippen molar-refractivity contribution in [3.63, 3.8) is 0 Å². The Kier molecular flexibility index (Phi) is 11.6. The van der Waals surface area contributed by atoms with Crippen LogP contribution in [0.1, 0.15) is 43.7 Å². The quantitative estimate of drug-likeness (QED) is 0.0663. The summed E-state index contributed by atoms with van der Waals surface area (Å²) in [5.41, 5.74) is -13.2. The van der Waals surface area contributed by atoms with Gasteiger partial charge in [0.2, 0.25) is 17.2 Å². The molecule has 0 radical (unpaired) electrons. The van der Waals surface area contributed by atoms with Crippen LogP contribution in [-0.2, 0) is 23.1 Å². The molecular formula is C24H21F9N4O5S. The minimum absolute atomic E-state index is 0.223. The van der Waals surface area contributed by atoms with Crippen molar-refractivity contribution < 1.29 is 57.8 Å². The van der Waals surface area contributed by atoms with Crippen molar-refractivity contribution in [1.82, 2.24) is 15.2 Å². The third-order valence-corrected chi connectivity index (χ3v) is 5.57. The highest BCUT2D eigenvalue weighted by atomic mass is 32.2. The Morgan fingerprint density at radius 3 is 2.19 bits per heavy atom. The Balaban J connectivity index is 0.00000316. The van der Waals surface area contributed by atoms with E-state index in [-0.39, 0.29) is 12.5 Å². The predicted molar refractivity (Wildman–Crippen MR) is 133 cm³/mol. The first-order chi connectivity index (χ1) is 20.0. The number of pyridine rings is 1. The molecule has 0 spiro atoms. The van der Waals surface area contributed by atoms with Gasteiger partial charge in [0.15, 0.2) is 12.0 Å². The monoisotopic (exact) mass is 648 g/mol. The molecule has 3 aromatic rings. The zero-order valence-corrected chi connectivity index (χ0v) is 22.8. The molecule has 0 saturated carbocycles. The first kappa shape index (κ1) is 35.3. The number of nitrogens with zero attached hydrogens (tertiary/aromatic N) is 4. The minimum Gasteiger partial charge on any atom is -0.415 e. The molecule has 0 aliphatic heterocycles. The number of alkyl halides is 9. The summed E-state index contributed by atoms with van der Waals surface area (Å²) in [7, 11) is 0. The van der Waals surface area contributed by atoms with Gasteiger partial charge in [-0.05, 0) is 18.4 Å². The van der Waals surface area contributed by atoms with Gasteiger partial charge in [0, 0.05) is 6.07 Å². The molecule has 1 aromatic carbocycles. The molecule has 2 heterocycles. The largest absolute Gasteiger partial charge is 0.479 e. The molecule has 2 aromatic heterocycles. The SMILES string of the molecule is C=CCCC(OCc1ccccc1)(c1nnc(-c2nc(OSC(F)(F)F)c(C(F)(F)F)cc2[N+](=O)[O-])o1)C(F)(F)F.CC. The van der Waals surface area contributed by atoms with Crippen LogP contribution in [0.4, 0.5) is 45.2 Å². The molecule has 43 heavy (non-hydrogen) atoms. The third-order valence-electron chi connectivity index (χ3n) is 5.14. The summed E-state index contributed by atoms with van der Waals surface area (Å²) in [5.74, 6) is -4.33. The van der Waals surface area contributed by atoms with Gasteiger partial charge in [-0.1, -0.05) is 50.3 Å². The van der Waals surface area contributed by atoms with Gasteiger partial charge in [-0.15, -0.1) is 16.8 Å². The summed E-state index contributed by atoms with van der Waals surface area (Å²) >= 11 is -1.42. The Labute approximate surface area is 241 Å². The summed E-state index contributed by atoms with van der Waals surface area (Å²) in [5, 5.41) is 18.1. The van der Waals surface area contributed by atoms with Crippen LogP contribution in [0.15, 0.2) is 53.5 Å². The number of rotatable bonds is 11. The minimum atomic E-state index is -5.49. The second kappa shape index (κ2) is 14.1. The van der Waals surface area contributed by atoms with Crippen molar-refractivity contribution in [2.75, 3.05) is 0 Å². The lowest BCUT2D eigenvalue weighted by molar-refractivity contribution is -0.384. The number of aromatic nitrogens is 3. The van der Waals surface area contributed by atoms with Crippen LogP contribution >= 0.6 is 12.0 Å². The summed E-state index contributed by atoms with van der Waals surface area (Å²) in [4.78, 5) is 13.2. The molecule has 0 aliphatic rings. The number of ether oxygens (including phenoxy) is 1. The Bertz CT molecular complexity index is 1380. The van der Waals surface area contributed by atoms with E-state index in [2.05, 4.69) is 25.9 Å². The van der Waals surface area contributed by atoms with E-state index in [0.29, 0.717) is 5.56 Å². The van der Waals surface area contributed by atoms with E-state index in [1.807, 2.05) is 13.8 Å². The number of halogens is 9. The number of hydrogen-bond donors (Lipinski definition) is 0. The number of nitro groups is 1. The van der Waals surface area contributed by atoms with Crippen LogP contribution in [0.5, 0.6) is 5.88 Å². The van der Waals surface area contributed by atoms with E-state index in [4.69, 9.17) is 9.15 Å². The van der Waals surface area contributed by atoms with Crippen molar-refractivity contribution in [1.29, 1.82) is 0 Å². The molecule has 0 N–H and O–H groups in total. The van der Waals surface area contributed by atoms with Crippen molar-refractivity contribution >= 4 is 17.7 Å². The zero-order valence-electron chi connectivity index (χ0n) is 22.0. The van der Waals surface area contributed by atoms with Crippen molar-refractivity contribution in [2.45, 2.75) is 56.8 Å². The van der Waals surface area contributed by atoms with E-state index >= 15 is 0 Å². The lowest BCUT2D eigenvalue weighted by Crippen LogP contribution is -2.45. The maximum Gasteiger partial charge on any atom is 0.479 e. The molecule has 0 bridgehead atoms. The second-order valence-electron chi connectivity index (χ2n) is 7.91. The standard InChI is InChI=1S/C22H15F9N4O5S.C2H6/c1-2-3-9-19(21(26,27)28,38-11-12-7-5-4-6-8-12)18-34-33-17(39-18)15-14(35(36)37)10-13(20(23,24)25)16(32-15)40-41-22(29,30)31;1-2/h2,4-8,10H,1,3,9,11H2;1-2H3. The summed E-state index contributed by atoms with van der Waals surface area (Å²) in [6, 6.07) is 7.31. The highest BCUT2D eigenvalue weighted by Gasteiger charge is 2.61. The van der Waals surface area contributed by atoms with Gasteiger partial charge >= 0.3 is 23.5 Å². The fraction of sp³-hybridized carbons (Fsp3) is 0.375. The zero-order chi connectivity index (χ0) is 32.6. The molecule has 19 heteroatoms. The second-order valence-corrected chi connectivity index (χ2v) is 8.71. The molecule has 3 rings (SSSR count). The van der Waals surface area contributed by atoms with Crippen LogP contribution in [0.25, 0.3) is 11.6 Å². The maximum absolute atomic E-state index is 14.5. The van der Waals surface area contributed by atoms with Crippen molar-refractivity contribution in [3.8, 4) is 17.5 Å². The Morgan fingerprint density at radius 2 is 1.67 bits per heavy atom. The molecule has 0 fully saturated rings. The van der Waals surface area contributed by atoms with E-state index in [9.17, 15) is 49.6 Å². The first-order valence-corrected chi connectivity index (χ1v) is 12.6. The lowest BCUT2D eigenvalue weighted by Gasteiger charge is -2.32. The van der Waals surface area contributed by atoms with Gasteiger partial charge in [0.05, 0.1) is 11.5 Å². The van der Waals surface area contributed by atoms with Crippen LogP contribution in [0.2, 0.25) is 0 Å². The Hall–Kier alpha value is -3.87. The summed E-state index contributed by atoms with van der Waals surface area (Å²) < 4.78 is 136. The molecule has 1 unspecified atom stereocenters. The fourth-order valence-corrected chi connectivity index (χ4v) is 3.59. The van der Waals surface area contributed by atoms with Gasteiger partial charge < -0.3 is 13.3 Å². The van der Waals surface area contributed by atoms with E-state index in [0.717, 1.165) is 6.08 Å². The summed E-state index contributed by atoms with van der Waals surface area (Å²) in [6.07, 6.45) is -10.8. The van der Waals surface area contributed by atoms with Crippen molar-refractivity contribution in [3.05, 3.63) is 76.2 Å². The highest BCUT2D eigenvalue weighted by molar-refractivity contribution is 7.95. The van der Waals surface area contributed by atoms with E-state index in [1.54, 1.807) is 6.07 Å². The van der Waals surface area contributed by atoms with E-state index in [1.165, 1.54) is 24.3 Å².